The van der Waals surface area contributed by atoms with Gasteiger partial charge in [-0.3, -0.25) is 4.79 Å². The zero-order valence-corrected chi connectivity index (χ0v) is 12.8. The number of carbonyl (C=O) groups excluding carboxylic acids is 2. The molecule has 3 N–H and O–H groups in total. The van der Waals surface area contributed by atoms with Crippen LogP contribution >= 0.6 is 0 Å². The molecule has 0 saturated carbocycles. The van der Waals surface area contributed by atoms with Crippen molar-refractivity contribution >= 4 is 17.9 Å². The molecule has 0 bridgehead atoms. The van der Waals surface area contributed by atoms with Crippen molar-refractivity contribution in [3.8, 4) is 0 Å². The first kappa shape index (κ1) is 17.2. The Morgan fingerprint density at radius 2 is 1.86 bits per heavy atom. The lowest BCUT2D eigenvalue weighted by molar-refractivity contribution is -0.147. The van der Waals surface area contributed by atoms with Crippen molar-refractivity contribution in [2.45, 2.75) is 26.3 Å². The molecule has 0 aliphatic carbocycles. The lowest BCUT2D eigenvalue weighted by atomic mass is 10.0. The first-order valence-corrected chi connectivity index (χ1v) is 7.08. The van der Waals surface area contributed by atoms with Crippen LogP contribution in [0.15, 0.2) is 0 Å². The van der Waals surface area contributed by atoms with Crippen LogP contribution in [0.2, 0.25) is 0 Å². The number of carboxylic acids is 1. The van der Waals surface area contributed by atoms with Gasteiger partial charge in [-0.05, 0) is 20.8 Å². The highest BCUT2D eigenvalue weighted by atomic mass is 16.4. The van der Waals surface area contributed by atoms with Crippen molar-refractivity contribution in [3.05, 3.63) is 0 Å². The van der Waals surface area contributed by atoms with Gasteiger partial charge in [0.15, 0.2) is 0 Å². The first-order valence-electron chi connectivity index (χ1n) is 7.08. The molecule has 0 atom stereocenters. The predicted molar refractivity (Wildman–Crippen MR) is 76.9 cm³/mol. The van der Waals surface area contributed by atoms with Crippen molar-refractivity contribution in [3.63, 3.8) is 0 Å². The van der Waals surface area contributed by atoms with E-state index >= 15 is 0 Å². The molecule has 21 heavy (non-hydrogen) atoms. The van der Waals surface area contributed by atoms with Crippen LogP contribution in [-0.4, -0.2) is 77.6 Å². The molecule has 0 aromatic rings. The number of carboxylic acid groups (broad SMARTS) is 1. The van der Waals surface area contributed by atoms with Crippen LogP contribution < -0.4 is 10.6 Å². The molecule has 8 heteroatoms. The molecule has 0 radical (unpaired) electrons. The Kier molecular flexibility index (Phi) is 5.95. The van der Waals surface area contributed by atoms with E-state index in [4.69, 9.17) is 5.11 Å². The summed E-state index contributed by atoms with van der Waals surface area (Å²) >= 11 is 0. The third-order valence-corrected chi connectivity index (χ3v) is 3.62. The third-order valence-electron chi connectivity index (χ3n) is 3.62. The van der Waals surface area contributed by atoms with E-state index in [1.165, 1.54) is 18.7 Å². The molecule has 120 valence electrons. The summed E-state index contributed by atoms with van der Waals surface area (Å²) in [6, 6.07) is -0.548. The summed E-state index contributed by atoms with van der Waals surface area (Å²) in [7, 11) is 0. The smallest absolute Gasteiger partial charge is 0.329 e. The summed E-state index contributed by atoms with van der Waals surface area (Å²) in [5.41, 5.74) is -1.32. The second-order valence-electron chi connectivity index (χ2n) is 5.40. The van der Waals surface area contributed by atoms with E-state index in [-0.39, 0.29) is 19.0 Å². The Bertz CT molecular complexity index is 405. The van der Waals surface area contributed by atoms with Crippen LogP contribution in [0.5, 0.6) is 0 Å². The van der Waals surface area contributed by atoms with Gasteiger partial charge >= 0.3 is 12.0 Å². The number of hydrogen-bond acceptors (Lipinski definition) is 4. The summed E-state index contributed by atoms with van der Waals surface area (Å²) in [6.45, 7) is 7.45. The number of aliphatic carboxylic acids is 1. The van der Waals surface area contributed by atoms with Crippen molar-refractivity contribution in [2.24, 2.45) is 0 Å². The Hall–Kier alpha value is -1.83. The van der Waals surface area contributed by atoms with Gasteiger partial charge < -0.3 is 25.5 Å². The van der Waals surface area contributed by atoms with E-state index in [0.717, 1.165) is 13.1 Å². The predicted octanol–water partition coefficient (Wildman–Crippen LogP) is -0.687. The van der Waals surface area contributed by atoms with Crippen LogP contribution in [-0.2, 0) is 9.59 Å². The van der Waals surface area contributed by atoms with E-state index in [9.17, 15) is 14.4 Å². The normalized spacial score (nSPS) is 15.5. The molecule has 8 nitrogen and oxygen atoms in total. The molecule has 1 heterocycles. The van der Waals surface area contributed by atoms with Gasteiger partial charge in [-0.15, -0.1) is 0 Å². The summed E-state index contributed by atoms with van der Waals surface area (Å²) < 4.78 is 0. The Balaban J connectivity index is 2.54. The van der Waals surface area contributed by atoms with E-state index < -0.39 is 17.5 Å². The van der Waals surface area contributed by atoms with Crippen LogP contribution in [0, 0.1) is 0 Å². The number of amides is 3. The maximum absolute atomic E-state index is 12.1. The highest BCUT2D eigenvalue weighted by molar-refractivity contribution is 5.88. The second-order valence-corrected chi connectivity index (χ2v) is 5.40. The zero-order chi connectivity index (χ0) is 16.0. The summed E-state index contributed by atoms with van der Waals surface area (Å²) in [5, 5.41) is 14.8. The molecule has 1 fully saturated rings. The fraction of sp³-hybridized carbons (Fsp3) is 0.769. The number of rotatable bonds is 5. The minimum Gasteiger partial charge on any atom is -0.480 e. The molecule has 1 aliphatic heterocycles. The van der Waals surface area contributed by atoms with Gasteiger partial charge in [0, 0.05) is 32.7 Å². The molecule has 0 unspecified atom stereocenters. The van der Waals surface area contributed by atoms with Gasteiger partial charge in [0.25, 0.3) is 0 Å². The van der Waals surface area contributed by atoms with Crippen LogP contribution in [0.1, 0.15) is 20.8 Å². The average Bonchev–Trinajstić information content (AvgIpc) is 2.46. The first-order chi connectivity index (χ1) is 9.80. The van der Waals surface area contributed by atoms with Crippen molar-refractivity contribution in [1.29, 1.82) is 0 Å². The van der Waals surface area contributed by atoms with Gasteiger partial charge in [-0.2, -0.15) is 0 Å². The molecule has 0 aromatic carbocycles. The minimum absolute atomic E-state index is 0.120. The maximum Gasteiger partial charge on any atom is 0.329 e. The topological polar surface area (TPSA) is 102 Å². The number of piperazine rings is 1. The molecule has 0 aromatic heterocycles. The number of nitrogens with one attached hydrogen (secondary N) is 2. The molecule has 1 aliphatic rings. The van der Waals surface area contributed by atoms with Gasteiger partial charge in [-0.1, -0.05) is 0 Å². The van der Waals surface area contributed by atoms with Crippen molar-refractivity contribution in [1.82, 2.24) is 20.4 Å². The van der Waals surface area contributed by atoms with Gasteiger partial charge in [0.2, 0.25) is 5.91 Å². The van der Waals surface area contributed by atoms with Crippen LogP contribution in [0.4, 0.5) is 4.79 Å². The largest absolute Gasteiger partial charge is 0.480 e. The summed E-state index contributed by atoms with van der Waals surface area (Å²) in [6.07, 6.45) is 0. The van der Waals surface area contributed by atoms with Gasteiger partial charge in [0.1, 0.15) is 5.54 Å². The van der Waals surface area contributed by atoms with E-state index in [1.807, 2.05) is 0 Å². The maximum atomic E-state index is 12.1. The molecule has 0 spiro atoms. The van der Waals surface area contributed by atoms with E-state index in [1.54, 1.807) is 11.8 Å². The molecule has 3 amide bonds. The lowest BCUT2D eigenvalue weighted by Gasteiger charge is -2.34. The fourth-order valence-electron chi connectivity index (χ4n) is 2.18. The SMILES string of the molecule is CCN(C(=O)NCC(=O)N1CCNCC1)C(C)(C)C(=O)O. The highest BCUT2D eigenvalue weighted by Gasteiger charge is 2.37. The van der Waals surface area contributed by atoms with E-state index in [0.29, 0.717) is 13.1 Å². The average molecular weight is 300 g/mol. The molecular weight excluding hydrogens is 276 g/mol. The third kappa shape index (κ3) is 4.32. The monoisotopic (exact) mass is 300 g/mol. The number of urea groups is 1. The lowest BCUT2D eigenvalue weighted by Crippen LogP contribution is -2.57. The summed E-state index contributed by atoms with van der Waals surface area (Å²) in [4.78, 5) is 38.1. The molecular formula is C13H24N4O4. The van der Waals surface area contributed by atoms with Crippen molar-refractivity contribution < 1.29 is 19.5 Å². The number of hydrogen-bond donors (Lipinski definition) is 3. The number of nitrogens with zero attached hydrogens (tertiary/aromatic N) is 2. The van der Waals surface area contributed by atoms with Crippen LogP contribution in [0.25, 0.3) is 0 Å². The standard InChI is InChI=1S/C13H24N4O4/c1-4-17(13(2,3)11(19)20)12(21)15-9-10(18)16-7-5-14-6-8-16/h14H,4-9H2,1-3H3,(H,15,21)(H,19,20). The highest BCUT2D eigenvalue weighted by Crippen LogP contribution is 2.14. The summed E-state index contributed by atoms with van der Waals surface area (Å²) in [5.74, 6) is -1.25. The van der Waals surface area contributed by atoms with Gasteiger partial charge in [0.05, 0.1) is 6.54 Å². The molecule has 1 saturated heterocycles. The van der Waals surface area contributed by atoms with Crippen molar-refractivity contribution in [2.75, 3.05) is 39.3 Å². The van der Waals surface area contributed by atoms with Gasteiger partial charge in [-0.25, -0.2) is 9.59 Å². The second kappa shape index (κ2) is 7.26. The number of likely N-dealkylation sites (N-methyl/N-ethyl adjacent to an activating group) is 1. The zero-order valence-electron chi connectivity index (χ0n) is 12.8. The minimum atomic E-state index is -1.32. The Morgan fingerprint density at radius 1 is 1.29 bits per heavy atom. The fourth-order valence-corrected chi connectivity index (χ4v) is 2.18. The van der Waals surface area contributed by atoms with E-state index in [2.05, 4.69) is 10.6 Å². The quantitative estimate of drug-likeness (QED) is 0.624. The van der Waals surface area contributed by atoms with Crippen LogP contribution in [0.3, 0.4) is 0 Å². The number of carbonyl (C=O) groups is 3. The molecule has 1 rings (SSSR count). The Labute approximate surface area is 124 Å². The Morgan fingerprint density at radius 3 is 2.33 bits per heavy atom.